The average molecular weight is 684 g/mol. The first-order valence-electron chi connectivity index (χ1n) is 12.2. The molecule has 6 aromatic rings. The first-order valence-corrected chi connectivity index (χ1v) is 12.2. The average Bonchev–Trinajstić information content (AvgIpc) is 3.03. The first kappa shape index (κ1) is 31.7. The second-order valence-electron chi connectivity index (χ2n) is 9.39. The Kier molecular flexibility index (Phi) is 7.39. The lowest BCUT2D eigenvalue weighted by Gasteiger charge is -2.22. The molecule has 0 aliphatic heterocycles. The van der Waals surface area contributed by atoms with Gasteiger partial charge in [0.2, 0.25) is 17.5 Å². The molecule has 0 fully saturated rings. The molecule has 0 aromatic heterocycles. The van der Waals surface area contributed by atoms with Crippen LogP contribution in [0.25, 0.3) is 32.3 Å². The molecule has 0 amide bonds. The topological polar surface area (TPSA) is 27.7 Å². The zero-order chi connectivity index (χ0) is 34.4. The SMILES string of the molecule is Fc1ccc(F)c(OB(Oc2c(F)ccc(F)c2F)Oc2c(F)c(F)c3c(F)c(F)c4c(F)c(F)c(F)c5c(F)c(F)c2c3c45)c1F. The van der Waals surface area contributed by atoms with Gasteiger partial charge in [0.05, 0.1) is 21.5 Å². The molecule has 0 bridgehead atoms. The van der Waals surface area contributed by atoms with E-state index < -0.39 is 144 Å². The van der Waals surface area contributed by atoms with Gasteiger partial charge in [-0.25, -0.2) is 52.7 Å². The van der Waals surface area contributed by atoms with Gasteiger partial charge in [-0.1, -0.05) is 0 Å². The summed E-state index contributed by atoms with van der Waals surface area (Å²) in [7, 11) is -3.38. The second-order valence-corrected chi connectivity index (χ2v) is 9.39. The van der Waals surface area contributed by atoms with Gasteiger partial charge in [-0.3, -0.25) is 0 Å². The molecule has 0 atom stereocenters. The predicted molar refractivity (Wildman–Crippen MR) is 130 cm³/mol. The molecule has 0 spiro atoms. The van der Waals surface area contributed by atoms with Crippen molar-refractivity contribution in [2.75, 3.05) is 0 Å². The summed E-state index contributed by atoms with van der Waals surface area (Å²) in [4.78, 5) is 0. The van der Waals surface area contributed by atoms with Crippen LogP contribution >= 0.6 is 0 Å². The lowest BCUT2D eigenvalue weighted by atomic mass is 9.90. The van der Waals surface area contributed by atoms with Gasteiger partial charge in [0.1, 0.15) is 0 Å². The summed E-state index contributed by atoms with van der Waals surface area (Å²) in [5, 5.41) is -10.9. The van der Waals surface area contributed by atoms with Crippen molar-refractivity contribution in [3.63, 3.8) is 0 Å². The molecule has 0 N–H and O–H groups in total. The van der Waals surface area contributed by atoms with Crippen molar-refractivity contribution in [1.82, 2.24) is 0 Å². The Morgan fingerprint density at radius 2 is 0.574 bits per heavy atom. The van der Waals surface area contributed by atoms with E-state index in [9.17, 15) is 43.9 Å². The molecule has 0 aliphatic carbocycles. The Hall–Kier alpha value is -5.23. The molecule has 3 nitrogen and oxygen atoms in total. The molecule has 6 rings (SSSR count). The number of benzene rings is 6. The zero-order valence-electron chi connectivity index (χ0n) is 21.8. The summed E-state index contributed by atoms with van der Waals surface area (Å²) >= 11 is 0. The maximum atomic E-state index is 15.6. The van der Waals surface area contributed by atoms with Crippen molar-refractivity contribution in [3.05, 3.63) is 112 Å². The summed E-state index contributed by atoms with van der Waals surface area (Å²) in [6.07, 6.45) is 0. The van der Waals surface area contributed by atoms with Crippen molar-refractivity contribution in [1.29, 1.82) is 0 Å². The molecular formula is C28H4BF15O3. The van der Waals surface area contributed by atoms with E-state index in [2.05, 4.69) is 9.31 Å². The largest absolute Gasteiger partial charge is 0.864 e. The molecule has 0 saturated carbocycles. The molecule has 0 aliphatic rings. The minimum atomic E-state index is -3.38. The zero-order valence-corrected chi connectivity index (χ0v) is 21.8. The smallest absolute Gasteiger partial charge is 0.486 e. The van der Waals surface area contributed by atoms with Crippen LogP contribution in [0, 0.1) is 87.3 Å². The third-order valence-corrected chi connectivity index (χ3v) is 6.82. The number of rotatable bonds is 6. The second kappa shape index (κ2) is 10.9. The van der Waals surface area contributed by atoms with Gasteiger partial charge in [0.25, 0.3) is 0 Å². The molecular weight excluding hydrogens is 680 g/mol. The monoisotopic (exact) mass is 684 g/mol. The Balaban J connectivity index is 1.69. The van der Waals surface area contributed by atoms with Crippen LogP contribution in [-0.4, -0.2) is 7.32 Å². The van der Waals surface area contributed by atoms with Crippen molar-refractivity contribution < 1.29 is 79.8 Å². The fraction of sp³-hybridized carbons (Fsp3) is 0. The van der Waals surface area contributed by atoms with Crippen LogP contribution in [0.2, 0.25) is 0 Å². The number of hydrogen-bond donors (Lipinski definition) is 0. The van der Waals surface area contributed by atoms with E-state index in [1.165, 1.54) is 0 Å². The van der Waals surface area contributed by atoms with E-state index in [0.717, 1.165) is 0 Å². The summed E-state index contributed by atoms with van der Waals surface area (Å²) in [6.45, 7) is 0. The van der Waals surface area contributed by atoms with E-state index in [-0.39, 0.29) is 24.3 Å². The third kappa shape index (κ3) is 4.50. The van der Waals surface area contributed by atoms with Crippen LogP contribution in [-0.2, 0) is 0 Å². The predicted octanol–water partition coefficient (Wildman–Crippen LogP) is 9.19. The molecule has 6 aromatic carbocycles. The molecule has 0 unspecified atom stereocenters. The summed E-state index contributed by atoms with van der Waals surface area (Å²) in [6, 6.07) is 0.782. The summed E-state index contributed by atoms with van der Waals surface area (Å²) in [5.74, 6) is -40.9. The van der Waals surface area contributed by atoms with Gasteiger partial charge in [-0.05, 0) is 24.3 Å². The van der Waals surface area contributed by atoms with Crippen LogP contribution < -0.4 is 14.0 Å². The van der Waals surface area contributed by atoms with Crippen LogP contribution in [0.1, 0.15) is 0 Å². The van der Waals surface area contributed by atoms with Crippen LogP contribution in [0.3, 0.4) is 0 Å². The quantitative estimate of drug-likeness (QED) is 0.0576. The van der Waals surface area contributed by atoms with Gasteiger partial charge in [0, 0.05) is 10.8 Å². The maximum Gasteiger partial charge on any atom is 0.864 e. The molecule has 47 heavy (non-hydrogen) atoms. The van der Waals surface area contributed by atoms with E-state index in [1.54, 1.807) is 0 Å². The van der Waals surface area contributed by atoms with E-state index in [0.29, 0.717) is 0 Å². The van der Waals surface area contributed by atoms with E-state index in [1.807, 2.05) is 0 Å². The van der Waals surface area contributed by atoms with Crippen molar-refractivity contribution in [2.24, 2.45) is 0 Å². The lowest BCUT2D eigenvalue weighted by Crippen LogP contribution is -2.38. The minimum absolute atomic E-state index is 0.194. The lowest BCUT2D eigenvalue weighted by molar-refractivity contribution is 0.269. The molecule has 0 heterocycles. The van der Waals surface area contributed by atoms with Crippen molar-refractivity contribution in [2.45, 2.75) is 0 Å². The van der Waals surface area contributed by atoms with Gasteiger partial charge in [-0.2, -0.15) is 13.2 Å². The Labute approximate surface area is 248 Å². The summed E-state index contributed by atoms with van der Waals surface area (Å²) in [5.41, 5.74) is 0. The van der Waals surface area contributed by atoms with Crippen LogP contribution in [0.15, 0.2) is 24.3 Å². The van der Waals surface area contributed by atoms with Gasteiger partial charge < -0.3 is 14.0 Å². The normalized spacial score (nSPS) is 11.7. The third-order valence-electron chi connectivity index (χ3n) is 6.82. The van der Waals surface area contributed by atoms with Gasteiger partial charge in [0.15, 0.2) is 87.1 Å². The highest BCUT2D eigenvalue weighted by atomic mass is 19.2. The standard InChI is InChI=1S/C28H4BF15O3/c30-5-1-3-7(32)26(15(5)34)45-29(46-27-8(33)4-2-6(31)16(27)35)47-28-14-10-9-11(17(36)18(37)13(10)22(41)25(28)44)20(39)24(43)21(40)12(9)19(38)23(14)42/h1-4H. The Bertz CT molecular complexity index is 2230. The molecule has 0 saturated heterocycles. The number of halogens is 15. The highest BCUT2D eigenvalue weighted by molar-refractivity contribution is 6.40. The van der Waals surface area contributed by atoms with Gasteiger partial charge in [-0.15, -0.1) is 0 Å². The highest BCUT2D eigenvalue weighted by Gasteiger charge is 2.41. The summed E-state index contributed by atoms with van der Waals surface area (Å²) < 4.78 is 234. The minimum Gasteiger partial charge on any atom is -0.486 e. The fourth-order valence-corrected chi connectivity index (χ4v) is 4.80. The molecule has 19 heteroatoms. The highest BCUT2D eigenvalue weighted by Crippen LogP contribution is 2.48. The Morgan fingerprint density at radius 3 is 1.00 bits per heavy atom. The molecule has 242 valence electrons. The Morgan fingerprint density at radius 1 is 0.277 bits per heavy atom. The van der Waals surface area contributed by atoms with Crippen LogP contribution in [0.5, 0.6) is 17.2 Å². The van der Waals surface area contributed by atoms with Gasteiger partial charge >= 0.3 is 7.32 Å². The fourth-order valence-electron chi connectivity index (χ4n) is 4.80. The number of hydrogen-bond acceptors (Lipinski definition) is 3. The van der Waals surface area contributed by atoms with Crippen molar-refractivity contribution >= 4 is 39.6 Å². The van der Waals surface area contributed by atoms with E-state index >= 15 is 22.0 Å². The van der Waals surface area contributed by atoms with E-state index in [4.69, 9.17) is 4.65 Å². The van der Waals surface area contributed by atoms with Crippen LogP contribution in [0.4, 0.5) is 65.9 Å². The maximum absolute atomic E-state index is 15.6. The first-order chi connectivity index (χ1) is 22.1. The molecule has 0 radical (unpaired) electrons. The van der Waals surface area contributed by atoms with Crippen molar-refractivity contribution in [3.8, 4) is 17.2 Å².